The first-order chi connectivity index (χ1) is 33.7. The third-order valence-corrected chi connectivity index (χ3v) is 14.2. The summed E-state index contributed by atoms with van der Waals surface area (Å²) in [5, 5.41) is 18.3. The third-order valence-electron chi connectivity index (χ3n) is 14.2. The van der Waals surface area contributed by atoms with E-state index in [2.05, 4.69) is 65.8 Å². The maximum Gasteiger partial charge on any atom is 0.324 e. The van der Waals surface area contributed by atoms with Crippen LogP contribution in [0.25, 0.3) is 33.3 Å². The van der Waals surface area contributed by atoms with E-state index >= 15 is 0 Å². The van der Waals surface area contributed by atoms with Gasteiger partial charge in [-0.15, -0.1) is 5.01 Å². The number of phenols is 1. The lowest BCUT2D eigenvalue weighted by atomic mass is 9.84. The molecule has 7 rings (SSSR count). The Hall–Kier alpha value is -6.17. The number of benzene rings is 2. The fourth-order valence-corrected chi connectivity index (χ4v) is 10.6. The van der Waals surface area contributed by atoms with Crippen LogP contribution in [0.15, 0.2) is 61.3 Å². The number of hydrazine groups is 2. The number of nitrogens with one attached hydrogen (secondary N) is 2. The van der Waals surface area contributed by atoms with E-state index in [-0.39, 0.29) is 55.7 Å². The molecule has 2 fully saturated rings. The lowest BCUT2D eigenvalue weighted by Gasteiger charge is -2.36. The van der Waals surface area contributed by atoms with Crippen molar-refractivity contribution < 1.29 is 38.6 Å². The molecule has 0 aliphatic carbocycles. The number of phenolic OH excluding ortho intramolecular Hbond substituents is 1. The molecule has 4 aromatic rings. The number of nitroso groups, excluding NO2 is 1. The van der Waals surface area contributed by atoms with Crippen LogP contribution in [0.3, 0.4) is 0 Å². The van der Waals surface area contributed by atoms with Crippen LogP contribution < -0.4 is 10.7 Å². The molecule has 17 heteroatoms. The highest BCUT2D eigenvalue weighted by Gasteiger charge is 2.44. The molecule has 3 N–H and O–H groups in total. The topological polar surface area (TPSA) is 182 Å². The number of methoxy groups -OCH3 is 1. The Morgan fingerprint density at radius 1 is 1.08 bits per heavy atom. The minimum atomic E-state index is -0.897. The second kappa shape index (κ2) is 22.1. The van der Waals surface area contributed by atoms with E-state index in [0.29, 0.717) is 57.4 Å². The maximum atomic E-state index is 14.7. The van der Waals surface area contributed by atoms with E-state index in [1.165, 1.54) is 16.1 Å². The Balaban J connectivity index is 1.29. The smallest absolute Gasteiger partial charge is 0.324 e. The zero-order valence-electron chi connectivity index (χ0n) is 43.3. The van der Waals surface area contributed by atoms with Crippen LogP contribution in [-0.2, 0) is 54.6 Å². The predicted molar refractivity (Wildman–Crippen MR) is 272 cm³/mol. The van der Waals surface area contributed by atoms with Crippen LogP contribution in [0, 0.1) is 22.2 Å². The normalized spacial score (nSPS) is 20.4. The van der Waals surface area contributed by atoms with Crippen LogP contribution in [0.4, 0.5) is 0 Å². The standard InChI is InChI=1S/C54H73N9O8/c1-12-47(65)60-20-18-40(31-60)63(69)59(10)49(33(3)4)51(66)56-29-39-22-35-21-38(25-41(64)23-35)37-16-17-46-42(26-37)44(27-54(6,7)32-71-53(68)45-15-14-19-62(57-45)52(39)67)50(61(46)13-2)43-24-36(30-58(8)9)28-55-48(43)34(5)70-11/h12,16-17,21,23-26,28,33-34,39-40,45,49,57H,1,13-15,18-20,22,27,29-32H2,2-11H3,(H-,56,64,66)/p+1/t34-,39+,40-,45-,49-/m0/s1. The summed E-state index contributed by atoms with van der Waals surface area (Å²) in [7, 11) is 7.33. The van der Waals surface area contributed by atoms with E-state index in [1.54, 1.807) is 31.2 Å². The largest absolute Gasteiger partial charge is 0.508 e. The highest BCUT2D eigenvalue weighted by Crippen LogP contribution is 2.43. The number of hydrogen-bond donors (Lipinski definition) is 3. The first kappa shape index (κ1) is 52.6. The molecular formula is C54H74N9O8+. The number of rotatable bonds is 14. The first-order valence-electron chi connectivity index (χ1n) is 25.0. The Kier molecular flexibility index (Phi) is 16.4. The number of pyridine rings is 1. The molecule has 3 amide bonds. The molecule has 2 saturated heterocycles. The van der Waals surface area contributed by atoms with Gasteiger partial charge in [-0.1, -0.05) is 46.4 Å². The SMILES string of the molecule is C=CC(=O)N1CC[C@H]([N+](=O)N(C)[C@H](C(=O)NC[C@H]2Cc3cc(O)cc(c3)-c3ccc4c(c3)c(c(-c3cc(CN(C)C)cnc3[C@H](C)OC)n4CC)CC(C)(C)COC(=O)[C@@H]3CCCN(N3)C2=O)C(C)C)C1. The van der Waals surface area contributed by atoms with Crippen LogP contribution >= 0.6 is 0 Å². The first-order valence-corrected chi connectivity index (χ1v) is 25.0. The van der Waals surface area contributed by atoms with Crippen molar-refractivity contribution in [2.24, 2.45) is 17.3 Å². The highest BCUT2D eigenvalue weighted by molar-refractivity contribution is 5.95. The summed E-state index contributed by atoms with van der Waals surface area (Å²) in [4.78, 5) is 78.5. The monoisotopic (exact) mass is 977 g/mol. The number of ether oxygens (including phenoxy) is 2. The molecular weight excluding hydrogens is 903 g/mol. The van der Waals surface area contributed by atoms with Gasteiger partial charge in [0.25, 0.3) is 6.04 Å². The summed E-state index contributed by atoms with van der Waals surface area (Å²) in [6, 6.07) is 11.7. The fourth-order valence-electron chi connectivity index (χ4n) is 10.6. The summed E-state index contributed by atoms with van der Waals surface area (Å²) in [5.41, 5.74) is 10.8. The molecule has 2 aromatic heterocycles. The van der Waals surface area contributed by atoms with Crippen molar-refractivity contribution in [1.82, 2.24) is 40.1 Å². The summed E-state index contributed by atoms with van der Waals surface area (Å²) in [5.74, 6) is -2.61. The average molecular weight is 977 g/mol. The van der Waals surface area contributed by atoms with Crippen LogP contribution in [-0.4, -0.2) is 142 Å². The van der Waals surface area contributed by atoms with E-state index in [1.807, 2.05) is 53.2 Å². The lowest BCUT2D eigenvalue weighted by molar-refractivity contribution is -0.732. The number of carbonyl (C=O) groups excluding carboxylic acids is 4. The number of likely N-dealkylation sites (N-methyl/N-ethyl adjacent to an activating group) is 1. The Bertz CT molecular complexity index is 2660. The van der Waals surface area contributed by atoms with E-state index < -0.39 is 41.3 Å². The highest BCUT2D eigenvalue weighted by atomic mass is 16.5. The van der Waals surface area contributed by atoms with Gasteiger partial charge in [0.05, 0.1) is 48.5 Å². The van der Waals surface area contributed by atoms with E-state index in [0.717, 1.165) is 55.0 Å². The Morgan fingerprint density at radius 3 is 2.54 bits per heavy atom. The number of nitrogens with zero attached hydrogens (tertiary/aromatic N) is 7. The molecule has 0 saturated carbocycles. The van der Waals surface area contributed by atoms with Gasteiger partial charge in [0.1, 0.15) is 16.7 Å². The molecule has 3 aliphatic heterocycles. The van der Waals surface area contributed by atoms with Gasteiger partial charge in [0, 0.05) is 74.3 Å². The average Bonchev–Trinajstić information content (AvgIpc) is 3.95. The zero-order valence-corrected chi connectivity index (χ0v) is 43.3. The van der Waals surface area contributed by atoms with Crippen molar-refractivity contribution in [2.45, 2.75) is 111 Å². The number of fused-ring (bicyclic) bond motifs is 6. The van der Waals surface area contributed by atoms with Gasteiger partial charge in [-0.2, -0.15) is 0 Å². The minimum Gasteiger partial charge on any atom is -0.508 e. The van der Waals surface area contributed by atoms with E-state index in [9.17, 15) is 29.2 Å². The van der Waals surface area contributed by atoms with Crippen molar-refractivity contribution >= 4 is 34.6 Å². The molecule has 0 radical (unpaired) electrons. The number of cyclic esters (lactones) is 1. The van der Waals surface area contributed by atoms with Gasteiger partial charge in [-0.3, -0.25) is 29.2 Å². The second-order valence-electron chi connectivity index (χ2n) is 21.0. The summed E-state index contributed by atoms with van der Waals surface area (Å²) in [6.07, 6.45) is 4.96. The number of esters is 1. The number of amides is 3. The minimum absolute atomic E-state index is 0.0218. The summed E-state index contributed by atoms with van der Waals surface area (Å²) in [6.45, 7) is 17.9. The fraction of sp³-hybridized carbons (Fsp3) is 0.537. The number of aromatic hydroxyl groups is 1. The van der Waals surface area contributed by atoms with Crippen molar-refractivity contribution in [3.8, 4) is 28.1 Å². The molecule has 3 aliphatic rings. The van der Waals surface area contributed by atoms with E-state index in [4.69, 9.17) is 14.5 Å². The van der Waals surface area contributed by atoms with Gasteiger partial charge < -0.3 is 34.3 Å². The molecule has 2 aromatic carbocycles. The molecule has 0 unspecified atom stereocenters. The molecule has 5 atom stereocenters. The van der Waals surface area contributed by atoms with Gasteiger partial charge in [-0.25, -0.2) is 5.43 Å². The molecule has 6 bridgehead atoms. The van der Waals surface area contributed by atoms with Gasteiger partial charge in [-0.05, 0) is 124 Å². The molecule has 0 spiro atoms. The van der Waals surface area contributed by atoms with Gasteiger partial charge >= 0.3 is 5.97 Å². The Morgan fingerprint density at radius 2 is 1.85 bits per heavy atom. The number of aryl methyl sites for hydroxylation is 1. The molecule has 382 valence electrons. The number of aromatic nitrogens is 2. The van der Waals surface area contributed by atoms with Gasteiger partial charge in [0.15, 0.2) is 6.04 Å². The molecule has 17 nitrogen and oxygen atoms in total. The van der Waals surface area contributed by atoms with Crippen LogP contribution in [0.1, 0.15) is 89.3 Å². The quantitative estimate of drug-likeness (QED) is 0.0565. The van der Waals surface area contributed by atoms with Crippen LogP contribution in [0.2, 0.25) is 0 Å². The number of hydrogen-bond acceptors (Lipinski definition) is 11. The van der Waals surface area contributed by atoms with Crippen LogP contribution in [0.5, 0.6) is 5.75 Å². The van der Waals surface area contributed by atoms with Crippen molar-refractivity contribution in [2.75, 3.05) is 61.0 Å². The lowest BCUT2D eigenvalue weighted by Crippen LogP contribution is -2.58. The second-order valence-corrected chi connectivity index (χ2v) is 21.0. The summed E-state index contributed by atoms with van der Waals surface area (Å²) >= 11 is 0. The predicted octanol–water partition coefficient (Wildman–Crippen LogP) is 6.20. The Labute approximate surface area is 418 Å². The zero-order chi connectivity index (χ0) is 51.5. The number of likely N-dealkylation sites (tertiary alicyclic amines) is 1. The molecule has 5 heterocycles. The van der Waals surface area contributed by atoms with Crippen molar-refractivity contribution in [1.29, 1.82) is 0 Å². The number of carbonyl (C=O) groups is 4. The third kappa shape index (κ3) is 11.6. The summed E-state index contributed by atoms with van der Waals surface area (Å²) < 4.78 is 14.4. The molecule has 71 heavy (non-hydrogen) atoms. The van der Waals surface area contributed by atoms with Gasteiger partial charge in [0.2, 0.25) is 17.7 Å². The van der Waals surface area contributed by atoms with Crippen molar-refractivity contribution in [3.05, 3.63) is 88.6 Å². The van der Waals surface area contributed by atoms with Crippen molar-refractivity contribution in [3.63, 3.8) is 0 Å². The maximum absolute atomic E-state index is 14.7.